The van der Waals surface area contributed by atoms with Crippen molar-refractivity contribution < 1.29 is 9.90 Å². The van der Waals surface area contributed by atoms with E-state index in [0.717, 1.165) is 6.20 Å². The lowest BCUT2D eigenvalue weighted by atomic mass is 10.3. The Labute approximate surface area is 71.8 Å². The zero-order valence-corrected chi connectivity index (χ0v) is 6.60. The van der Waals surface area contributed by atoms with E-state index in [9.17, 15) is 4.79 Å². The number of halogens is 2. The third-order valence-corrected chi connectivity index (χ3v) is 1.53. The van der Waals surface area contributed by atoms with E-state index in [1.807, 2.05) is 0 Å². The van der Waals surface area contributed by atoms with Crippen molar-refractivity contribution in [3.8, 4) is 0 Å². The molecule has 0 saturated heterocycles. The Bertz CT molecular complexity index is 282. The van der Waals surface area contributed by atoms with Crippen LogP contribution in [-0.4, -0.2) is 21.3 Å². The summed E-state index contributed by atoms with van der Waals surface area (Å²) in [6.45, 7) is 0. The minimum atomic E-state index is -1.21. The average Bonchev–Trinajstić information content (AvgIpc) is 1.85. The highest BCUT2D eigenvalue weighted by molar-refractivity contribution is 6.38. The van der Waals surface area contributed by atoms with Crippen molar-refractivity contribution in [3.05, 3.63) is 21.9 Å². The largest absolute Gasteiger partial charge is 0.478 e. The fourth-order valence-corrected chi connectivity index (χ4v) is 1.02. The second-order valence-corrected chi connectivity index (χ2v) is 2.43. The summed E-state index contributed by atoms with van der Waals surface area (Å²) in [6, 6.07) is 0. The average molecular weight is 193 g/mol. The summed E-state index contributed by atoms with van der Waals surface area (Å²) in [5.74, 6) is -1.21. The first-order valence-corrected chi connectivity index (χ1v) is 3.28. The SMILES string of the molecule is O=C(O)c1c(Cl)cnnc1Cl. The van der Waals surface area contributed by atoms with Crippen LogP contribution in [0.2, 0.25) is 10.2 Å². The molecule has 0 saturated carbocycles. The zero-order chi connectivity index (χ0) is 8.43. The molecule has 0 aliphatic rings. The first-order valence-electron chi connectivity index (χ1n) is 2.53. The van der Waals surface area contributed by atoms with Gasteiger partial charge in [0.25, 0.3) is 0 Å². The molecule has 11 heavy (non-hydrogen) atoms. The molecule has 0 spiro atoms. The first-order chi connectivity index (χ1) is 5.13. The molecule has 0 aliphatic heterocycles. The van der Waals surface area contributed by atoms with Crippen molar-refractivity contribution in [1.82, 2.24) is 10.2 Å². The van der Waals surface area contributed by atoms with Crippen LogP contribution in [0.4, 0.5) is 0 Å². The van der Waals surface area contributed by atoms with E-state index in [1.165, 1.54) is 0 Å². The van der Waals surface area contributed by atoms with Crippen molar-refractivity contribution in [3.63, 3.8) is 0 Å². The number of carboxylic acid groups (broad SMARTS) is 1. The fraction of sp³-hybridized carbons (Fsp3) is 0. The second kappa shape index (κ2) is 3.02. The molecule has 0 radical (unpaired) electrons. The van der Waals surface area contributed by atoms with Crippen molar-refractivity contribution in [2.45, 2.75) is 0 Å². The smallest absolute Gasteiger partial charge is 0.340 e. The summed E-state index contributed by atoms with van der Waals surface area (Å²) in [5, 5.41) is 15.0. The molecule has 1 aromatic heterocycles. The van der Waals surface area contributed by atoms with Gasteiger partial charge >= 0.3 is 5.97 Å². The maximum atomic E-state index is 10.4. The van der Waals surface area contributed by atoms with E-state index >= 15 is 0 Å². The van der Waals surface area contributed by atoms with Gasteiger partial charge in [-0.05, 0) is 0 Å². The van der Waals surface area contributed by atoms with Gasteiger partial charge in [0.1, 0.15) is 5.56 Å². The molecule has 0 atom stereocenters. The number of hydrogen-bond donors (Lipinski definition) is 1. The van der Waals surface area contributed by atoms with Gasteiger partial charge in [-0.25, -0.2) is 4.79 Å². The molecule has 1 aromatic rings. The van der Waals surface area contributed by atoms with Crippen molar-refractivity contribution in [1.29, 1.82) is 0 Å². The molecule has 58 valence electrons. The quantitative estimate of drug-likeness (QED) is 0.733. The first kappa shape index (κ1) is 8.23. The number of aromatic carboxylic acids is 1. The number of aromatic nitrogens is 2. The standard InChI is InChI=1S/C5H2Cl2N2O2/c6-2-1-8-9-4(7)3(2)5(10)11/h1H,(H,10,11). The van der Waals surface area contributed by atoms with Crippen molar-refractivity contribution in [2.75, 3.05) is 0 Å². The van der Waals surface area contributed by atoms with Gasteiger partial charge in [0.15, 0.2) is 5.15 Å². The van der Waals surface area contributed by atoms with Gasteiger partial charge in [-0.2, -0.15) is 5.10 Å². The molecule has 1 rings (SSSR count). The summed E-state index contributed by atoms with van der Waals surface area (Å²) < 4.78 is 0. The minimum Gasteiger partial charge on any atom is -0.478 e. The van der Waals surface area contributed by atoms with E-state index in [1.54, 1.807) is 0 Å². The Morgan fingerprint density at radius 2 is 2.18 bits per heavy atom. The third-order valence-electron chi connectivity index (χ3n) is 0.976. The van der Waals surface area contributed by atoms with Crippen LogP contribution in [0.5, 0.6) is 0 Å². The number of carboxylic acids is 1. The number of rotatable bonds is 1. The Balaban J connectivity index is 3.32. The highest BCUT2D eigenvalue weighted by Gasteiger charge is 2.14. The van der Waals surface area contributed by atoms with E-state index in [0.29, 0.717) is 0 Å². The van der Waals surface area contributed by atoms with Crippen molar-refractivity contribution in [2.24, 2.45) is 0 Å². The summed E-state index contributed by atoms with van der Waals surface area (Å²) in [7, 11) is 0. The minimum absolute atomic E-state index is 0.0162. The topological polar surface area (TPSA) is 63.1 Å². The Morgan fingerprint density at radius 3 is 2.55 bits per heavy atom. The van der Waals surface area contributed by atoms with Gasteiger partial charge in [-0.15, -0.1) is 5.10 Å². The lowest BCUT2D eigenvalue weighted by molar-refractivity contribution is 0.0696. The Hall–Kier alpha value is -0.870. The third kappa shape index (κ3) is 1.58. The summed E-state index contributed by atoms with van der Waals surface area (Å²) in [4.78, 5) is 10.4. The highest BCUT2D eigenvalue weighted by atomic mass is 35.5. The van der Waals surface area contributed by atoms with Crippen LogP contribution in [-0.2, 0) is 0 Å². The lowest BCUT2D eigenvalue weighted by Crippen LogP contribution is -2.01. The number of hydrogen-bond acceptors (Lipinski definition) is 3. The lowest BCUT2D eigenvalue weighted by Gasteiger charge is -1.96. The molecule has 0 unspecified atom stereocenters. The van der Waals surface area contributed by atoms with Gasteiger partial charge in [0.2, 0.25) is 0 Å². The van der Waals surface area contributed by atoms with Crippen LogP contribution < -0.4 is 0 Å². The molecule has 0 amide bonds. The Kier molecular flexibility index (Phi) is 2.26. The van der Waals surface area contributed by atoms with Crippen LogP contribution >= 0.6 is 23.2 Å². The molecule has 4 nitrogen and oxygen atoms in total. The predicted octanol–water partition coefficient (Wildman–Crippen LogP) is 1.48. The van der Waals surface area contributed by atoms with Gasteiger partial charge in [-0.1, -0.05) is 23.2 Å². The molecular weight excluding hydrogens is 191 g/mol. The van der Waals surface area contributed by atoms with Gasteiger partial charge in [0.05, 0.1) is 11.2 Å². The molecule has 6 heteroatoms. The summed E-state index contributed by atoms with van der Waals surface area (Å²) in [6.07, 6.45) is 1.12. The fourth-order valence-electron chi connectivity index (χ4n) is 0.534. The molecule has 0 fully saturated rings. The maximum Gasteiger partial charge on any atom is 0.340 e. The van der Waals surface area contributed by atoms with Crippen LogP contribution in [0.1, 0.15) is 10.4 Å². The maximum absolute atomic E-state index is 10.4. The van der Waals surface area contributed by atoms with Crippen LogP contribution in [0.25, 0.3) is 0 Å². The van der Waals surface area contributed by atoms with Gasteiger partial charge in [0, 0.05) is 0 Å². The van der Waals surface area contributed by atoms with E-state index < -0.39 is 5.97 Å². The van der Waals surface area contributed by atoms with Crippen molar-refractivity contribution >= 4 is 29.2 Å². The van der Waals surface area contributed by atoms with Crippen LogP contribution in [0.3, 0.4) is 0 Å². The van der Waals surface area contributed by atoms with E-state index in [2.05, 4.69) is 10.2 Å². The Morgan fingerprint density at radius 1 is 1.55 bits per heavy atom. The monoisotopic (exact) mass is 192 g/mol. The van der Waals surface area contributed by atoms with Crippen LogP contribution in [0, 0.1) is 0 Å². The number of carbonyl (C=O) groups is 1. The molecule has 0 aliphatic carbocycles. The molecule has 1 N–H and O–H groups in total. The number of nitrogens with zero attached hydrogens (tertiary/aromatic N) is 2. The molecular formula is C5H2Cl2N2O2. The normalized spacial score (nSPS) is 9.64. The highest BCUT2D eigenvalue weighted by Crippen LogP contribution is 2.19. The van der Waals surface area contributed by atoms with Gasteiger partial charge in [-0.3, -0.25) is 0 Å². The van der Waals surface area contributed by atoms with Gasteiger partial charge < -0.3 is 5.11 Å². The molecule has 0 aromatic carbocycles. The zero-order valence-electron chi connectivity index (χ0n) is 5.08. The molecule has 0 bridgehead atoms. The molecule has 1 heterocycles. The van der Waals surface area contributed by atoms with Crippen LogP contribution in [0.15, 0.2) is 6.20 Å². The van der Waals surface area contributed by atoms with E-state index in [4.69, 9.17) is 28.3 Å². The summed E-state index contributed by atoms with van der Waals surface area (Å²) >= 11 is 10.8. The second-order valence-electron chi connectivity index (χ2n) is 1.66. The summed E-state index contributed by atoms with van der Waals surface area (Å²) in [5.41, 5.74) is -0.219. The van der Waals surface area contributed by atoms with E-state index in [-0.39, 0.29) is 15.7 Å². The predicted molar refractivity (Wildman–Crippen MR) is 39.0 cm³/mol.